The Hall–Kier alpha value is -1.72. The van der Waals surface area contributed by atoms with Crippen LogP contribution in [0.15, 0.2) is 12.1 Å². The Labute approximate surface area is 109 Å². The van der Waals surface area contributed by atoms with Gasteiger partial charge in [-0.1, -0.05) is 0 Å². The van der Waals surface area contributed by atoms with Crippen LogP contribution in [0.25, 0.3) is 0 Å². The highest BCUT2D eigenvalue weighted by Gasteiger charge is 2.23. The van der Waals surface area contributed by atoms with Crippen LogP contribution in [0.1, 0.15) is 27.7 Å². The fourth-order valence-electron chi connectivity index (χ4n) is 1.34. The van der Waals surface area contributed by atoms with E-state index in [1.807, 2.05) is 0 Å². The minimum Gasteiger partial charge on any atom is -0.458 e. The van der Waals surface area contributed by atoms with Crippen molar-refractivity contribution in [1.29, 1.82) is 0 Å². The lowest BCUT2D eigenvalue weighted by atomic mass is 10.2. The lowest BCUT2D eigenvalue weighted by Crippen LogP contribution is -2.34. The maximum absolute atomic E-state index is 13.4. The van der Waals surface area contributed by atoms with Gasteiger partial charge in [0.05, 0.1) is 5.69 Å². The summed E-state index contributed by atoms with van der Waals surface area (Å²) in [7, 11) is 0. The van der Waals surface area contributed by atoms with Crippen LogP contribution in [-0.4, -0.2) is 17.6 Å². The number of rotatable bonds is 3. The summed E-state index contributed by atoms with van der Waals surface area (Å²) in [6.07, 6.45) is 0. The van der Waals surface area contributed by atoms with Crippen molar-refractivity contribution in [2.24, 2.45) is 0 Å². The fraction of sp³-hybridized carbons (Fsp3) is 0.462. The molecule has 6 heteroatoms. The normalized spacial score (nSPS) is 13.0. The van der Waals surface area contributed by atoms with Crippen molar-refractivity contribution in [2.75, 3.05) is 5.32 Å². The molecule has 0 bridgehead atoms. The molecule has 0 amide bonds. The van der Waals surface area contributed by atoms with Gasteiger partial charge >= 0.3 is 5.97 Å². The summed E-state index contributed by atoms with van der Waals surface area (Å²) in [5.74, 6) is -4.13. The van der Waals surface area contributed by atoms with Crippen LogP contribution in [0.5, 0.6) is 0 Å². The van der Waals surface area contributed by atoms with Crippen LogP contribution < -0.4 is 5.32 Å². The van der Waals surface area contributed by atoms with Crippen molar-refractivity contribution in [2.45, 2.75) is 39.3 Å². The average Bonchev–Trinajstić information content (AvgIpc) is 2.22. The first-order valence-corrected chi connectivity index (χ1v) is 5.74. The predicted octanol–water partition coefficient (Wildman–Crippen LogP) is 3.25. The molecule has 0 aromatic heterocycles. The van der Waals surface area contributed by atoms with Crippen molar-refractivity contribution in [1.82, 2.24) is 0 Å². The van der Waals surface area contributed by atoms with Gasteiger partial charge < -0.3 is 10.1 Å². The standard InChI is InChI=1S/C13H16F3NO2/c1-7(12(18)19-13(2,3)4)17-10-6-8(14)5-9(15)11(10)16/h5-7,17H,1-4H3. The molecule has 0 fully saturated rings. The summed E-state index contributed by atoms with van der Waals surface area (Å²) in [4.78, 5) is 11.6. The molecule has 0 spiro atoms. The third kappa shape index (κ3) is 4.46. The van der Waals surface area contributed by atoms with E-state index in [-0.39, 0.29) is 0 Å². The van der Waals surface area contributed by atoms with Crippen molar-refractivity contribution < 1.29 is 22.7 Å². The lowest BCUT2D eigenvalue weighted by molar-refractivity contribution is -0.155. The van der Waals surface area contributed by atoms with Crippen molar-refractivity contribution >= 4 is 11.7 Å². The summed E-state index contributed by atoms with van der Waals surface area (Å²) in [5.41, 5.74) is -1.12. The Morgan fingerprint density at radius 1 is 1.26 bits per heavy atom. The Balaban J connectivity index is 2.83. The number of carbonyl (C=O) groups is 1. The van der Waals surface area contributed by atoms with Crippen molar-refractivity contribution in [3.8, 4) is 0 Å². The number of hydrogen-bond donors (Lipinski definition) is 1. The maximum Gasteiger partial charge on any atom is 0.328 e. The number of carbonyl (C=O) groups excluding carboxylic acids is 1. The molecule has 1 unspecified atom stereocenters. The van der Waals surface area contributed by atoms with Gasteiger partial charge in [-0.2, -0.15) is 0 Å². The molecule has 0 heterocycles. The highest BCUT2D eigenvalue weighted by molar-refractivity contribution is 5.79. The van der Waals surface area contributed by atoms with Crippen LogP contribution >= 0.6 is 0 Å². The molecule has 1 rings (SSSR count). The van der Waals surface area contributed by atoms with E-state index in [2.05, 4.69) is 5.32 Å². The second kappa shape index (κ2) is 5.50. The molecule has 106 valence electrons. The molecule has 3 nitrogen and oxygen atoms in total. The Kier molecular flexibility index (Phi) is 4.44. The van der Waals surface area contributed by atoms with Gasteiger partial charge in [-0.05, 0) is 27.7 Å². The van der Waals surface area contributed by atoms with Gasteiger partial charge in [-0.15, -0.1) is 0 Å². The largest absolute Gasteiger partial charge is 0.458 e. The van der Waals surface area contributed by atoms with Crippen LogP contribution in [-0.2, 0) is 9.53 Å². The minimum atomic E-state index is -1.32. The topological polar surface area (TPSA) is 38.3 Å². The van der Waals surface area contributed by atoms with E-state index in [1.54, 1.807) is 20.8 Å². The average molecular weight is 275 g/mol. The number of esters is 1. The van der Waals surface area contributed by atoms with Gasteiger partial charge in [0.2, 0.25) is 0 Å². The molecule has 0 radical (unpaired) electrons. The van der Waals surface area contributed by atoms with Crippen LogP contribution in [0.2, 0.25) is 0 Å². The molecule has 0 aliphatic rings. The molecule has 1 aromatic rings. The molecule has 0 saturated carbocycles. The zero-order valence-corrected chi connectivity index (χ0v) is 11.2. The van der Waals surface area contributed by atoms with E-state index >= 15 is 0 Å². The van der Waals surface area contributed by atoms with E-state index in [4.69, 9.17) is 4.74 Å². The predicted molar refractivity (Wildman–Crippen MR) is 65.2 cm³/mol. The van der Waals surface area contributed by atoms with Gasteiger partial charge in [0.15, 0.2) is 11.6 Å². The van der Waals surface area contributed by atoms with Gasteiger partial charge in [-0.25, -0.2) is 18.0 Å². The molecule has 1 N–H and O–H groups in total. The summed E-state index contributed by atoms with van der Waals surface area (Å²) in [5, 5.41) is 2.38. The van der Waals surface area contributed by atoms with Crippen molar-refractivity contribution in [3.05, 3.63) is 29.6 Å². The number of halogens is 3. The summed E-state index contributed by atoms with van der Waals surface area (Å²) < 4.78 is 44.4. The van der Waals surface area contributed by atoms with E-state index in [9.17, 15) is 18.0 Å². The SMILES string of the molecule is CC(Nc1cc(F)cc(F)c1F)C(=O)OC(C)(C)C. The fourth-order valence-corrected chi connectivity index (χ4v) is 1.34. The summed E-state index contributed by atoms with van der Waals surface area (Å²) in [6.45, 7) is 6.45. The van der Waals surface area contributed by atoms with Crippen LogP contribution in [0, 0.1) is 17.5 Å². The van der Waals surface area contributed by atoms with Crippen LogP contribution in [0.4, 0.5) is 18.9 Å². The number of hydrogen-bond acceptors (Lipinski definition) is 3. The molecule has 0 saturated heterocycles. The van der Waals surface area contributed by atoms with E-state index in [0.717, 1.165) is 6.07 Å². The highest BCUT2D eigenvalue weighted by Crippen LogP contribution is 2.20. The number of benzene rings is 1. The highest BCUT2D eigenvalue weighted by atomic mass is 19.2. The Morgan fingerprint density at radius 3 is 2.37 bits per heavy atom. The van der Waals surface area contributed by atoms with E-state index in [1.165, 1.54) is 6.92 Å². The number of ether oxygens (including phenoxy) is 1. The van der Waals surface area contributed by atoms with Crippen molar-refractivity contribution in [3.63, 3.8) is 0 Å². The first-order chi connectivity index (χ1) is 8.60. The Morgan fingerprint density at radius 2 is 1.84 bits per heavy atom. The Bertz CT molecular complexity index is 484. The zero-order valence-electron chi connectivity index (χ0n) is 11.2. The third-order valence-corrected chi connectivity index (χ3v) is 2.13. The lowest BCUT2D eigenvalue weighted by Gasteiger charge is -2.23. The van der Waals surface area contributed by atoms with Gasteiger partial charge in [-0.3, -0.25) is 0 Å². The molecule has 19 heavy (non-hydrogen) atoms. The number of nitrogens with one attached hydrogen (secondary N) is 1. The maximum atomic E-state index is 13.4. The minimum absolute atomic E-state index is 0.421. The van der Waals surface area contributed by atoms with Gasteiger partial charge in [0.25, 0.3) is 0 Å². The second-order valence-electron chi connectivity index (χ2n) is 5.15. The van der Waals surface area contributed by atoms with Gasteiger partial charge in [0, 0.05) is 12.1 Å². The van der Waals surface area contributed by atoms with E-state index in [0.29, 0.717) is 6.07 Å². The monoisotopic (exact) mass is 275 g/mol. The third-order valence-electron chi connectivity index (χ3n) is 2.13. The van der Waals surface area contributed by atoms with Gasteiger partial charge in [0.1, 0.15) is 17.5 Å². The van der Waals surface area contributed by atoms with Crippen LogP contribution in [0.3, 0.4) is 0 Å². The molecular formula is C13H16F3NO2. The zero-order chi connectivity index (χ0) is 14.8. The first-order valence-electron chi connectivity index (χ1n) is 5.74. The molecule has 0 aliphatic heterocycles. The molecule has 1 atom stereocenters. The van der Waals surface area contributed by atoms with E-state index < -0.39 is 40.8 Å². The summed E-state index contributed by atoms with van der Waals surface area (Å²) >= 11 is 0. The number of anilines is 1. The first kappa shape index (κ1) is 15.3. The summed E-state index contributed by atoms with van der Waals surface area (Å²) in [6, 6.07) is 0.271. The quantitative estimate of drug-likeness (QED) is 0.679. The smallest absolute Gasteiger partial charge is 0.328 e. The molecular weight excluding hydrogens is 259 g/mol. The molecule has 1 aromatic carbocycles. The molecule has 0 aliphatic carbocycles. The second-order valence-corrected chi connectivity index (χ2v) is 5.15.